The topological polar surface area (TPSA) is 174 Å². The van der Waals surface area contributed by atoms with Gasteiger partial charge in [-0.2, -0.15) is 0 Å². The molecule has 0 aromatic carbocycles. The predicted molar refractivity (Wildman–Crippen MR) is 183 cm³/mol. The molecule has 7 fully saturated rings. The molecule has 0 radical (unpaired) electrons. The maximum absolute atomic E-state index is 12.6. The number of hydrogen-bond donors (Lipinski definition) is 5. The number of ketones is 1. The zero-order valence-corrected chi connectivity index (χ0v) is 31.4. The molecule has 3 aliphatic heterocycles. The van der Waals surface area contributed by atoms with Crippen molar-refractivity contribution in [3.05, 3.63) is 0 Å². The summed E-state index contributed by atoms with van der Waals surface area (Å²) in [5.41, 5.74) is -0.953. The highest BCUT2D eigenvalue weighted by Crippen LogP contribution is 2.69. The second-order valence-electron chi connectivity index (χ2n) is 18.0. The van der Waals surface area contributed by atoms with Gasteiger partial charge in [-0.25, -0.2) is 0 Å². The summed E-state index contributed by atoms with van der Waals surface area (Å²) >= 11 is 0. The van der Waals surface area contributed by atoms with Gasteiger partial charge in [-0.15, -0.1) is 0 Å². The van der Waals surface area contributed by atoms with Gasteiger partial charge in [-0.1, -0.05) is 13.8 Å². The quantitative estimate of drug-likeness (QED) is 0.243. The Morgan fingerprint density at radius 2 is 1.22 bits per heavy atom. The minimum atomic E-state index is -0.993. The molecule has 12 heteroatoms. The number of carbonyl (C=O) groups is 1. The summed E-state index contributed by atoms with van der Waals surface area (Å²) in [5, 5.41) is 54.6. The summed E-state index contributed by atoms with van der Waals surface area (Å²) in [6.07, 6.45) is 0.0511. The van der Waals surface area contributed by atoms with Gasteiger partial charge in [0.1, 0.15) is 24.1 Å². The first kappa shape index (κ1) is 38.5. The van der Waals surface area contributed by atoms with Gasteiger partial charge < -0.3 is 54.0 Å². The van der Waals surface area contributed by atoms with Gasteiger partial charge in [0.2, 0.25) is 0 Å². The highest BCUT2D eigenvalue weighted by Gasteiger charge is 2.68. The Kier molecular flexibility index (Phi) is 10.9. The maximum atomic E-state index is 12.6. The van der Waals surface area contributed by atoms with Crippen LogP contribution in [0.5, 0.6) is 0 Å². The summed E-state index contributed by atoms with van der Waals surface area (Å²) < 4.78 is 36.8. The molecule has 0 amide bonds. The molecule has 0 aromatic rings. The van der Waals surface area contributed by atoms with E-state index in [9.17, 15) is 30.3 Å². The van der Waals surface area contributed by atoms with Gasteiger partial charge in [-0.3, -0.25) is 4.79 Å². The molecule has 3 saturated heterocycles. The van der Waals surface area contributed by atoms with Gasteiger partial charge >= 0.3 is 0 Å². The summed E-state index contributed by atoms with van der Waals surface area (Å²) in [7, 11) is 0. The van der Waals surface area contributed by atoms with Crippen LogP contribution in [0.2, 0.25) is 0 Å². The number of Topliss-reactive ketones (excluding diaryl/α,β-unsaturated/α-hetero) is 1. The number of hydrogen-bond acceptors (Lipinski definition) is 12. The zero-order valence-electron chi connectivity index (χ0n) is 31.4. The molecule has 7 rings (SSSR count). The SMILES string of the molecule is CC(=O)[C@H]1CC[C@]2(O)[C@@H]3CC[C@@H]4C[C@@H](O[C@H]5C[C@H](O)[C@H](O[C@H]6C[C@H](O)[C@H](O[C@H]7C[C@H](O)[C@H](O)[C@@H](C)O7)[C@@H](C)O6)[C@@H](C)O5)CC[C@]4(C)[C@H]3CC[C@]12C. The molecule has 7 aliphatic rings. The fourth-order valence-electron chi connectivity index (χ4n) is 12.2. The molecule has 0 spiro atoms. The Labute approximate surface area is 302 Å². The van der Waals surface area contributed by atoms with Crippen molar-refractivity contribution < 1.29 is 58.7 Å². The van der Waals surface area contributed by atoms with Gasteiger partial charge in [0.25, 0.3) is 0 Å². The van der Waals surface area contributed by atoms with E-state index < -0.39 is 79.4 Å². The van der Waals surface area contributed by atoms with Crippen LogP contribution in [-0.4, -0.2) is 117 Å². The fraction of sp³-hybridized carbons (Fsp3) is 0.974. The Morgan fingerprint density at radius 3 is 1.78 bits per heavy atom. The van der Waals surface area contributed by atoms with E-state index >= 15 is 0 Å². The van der Waals surface area contributed by atoms with E-state index in [-0.39, 0.29) is 53.8 Å². The molecule has 0 unspecified atom stereocenters. The average Bonchev–Trinajstić information content (AvgIpc) is 3.34. The molecule has 4 saturated carbocycles. The number of rotatable bonds is 7. The van der Waals surface area contributed by atoms with E-state index in [0.717, 1.165) is 57.8 Å². The van der Waals surface area contributed by atoms with Crippen LogP contribution in [0.4, 0.5) is 0 Å². The van der Waals surface area contributed by atoms with Crippen LogP contribution in [0.3, 0.4) is 0 Å². The second-order valence-corrected chi connectivity index (χ2v) is 18.0. The van der Waals surface area contributed by atoms with E-state index in [1.165, 1.54) is 0 Å². The van der Waals surface area contributed by atoms with Crippen molar-refractivity contribution in [1.82, 2.24) is 0 Å². The molecule has 292 valence electrons. The molecule has 3 heterocycles. The highest BCUT2D eigenvalue weighted by molar-refractivity contribution is 5.80. The lowest BCUT2D eigenvalue weighted by atomic mass is 9.43. The summed E-state index contributed by atoms with van der Waals surface area (Å²) in [4.78, 5) is 12.6. The molecule has 4 aliphatic carbocycles. The van der Waals surface area contributed by atoms with E-state index in [0.29, 0.717) is 11.8 Å². The van der Waals surface area contributed by atoms with Crippen LogP contribution < -0.4 is 0 Å². The average molecular weight is 725 g/mol. The molecular formula is C39H64O12. The van der Waals surface area contributed by atoms with E-state index in [1.54, 1.807) is 20.8 Å². The third-order valence-corrected chi connectivity index (χ3v) is 15.2. The Balaban J connectivity index is 0.898. The lowest BCUT2D eigenvalue weighted by Crippen LogP contribution is -2.62. The number of ether oxygens (including phenoxy) is 6. The smallest absolute Gasteiger partial charge is 0.161 e. The standard InChI is InChI=1S/C39H64O12/c1-19(40)25-11-14-39(45)27-8-7-23-15-24(9-12-37(23,5)26(27)10-13-38(25,39)6)49-31-17-29(42)35(21(3)47-31)51-33-18-30(43)36(22(4)48-33)50-32-16-28(41)34(44)20(2)46-32/h20-36,41-45H,7-18H2,1-6H3/t20-,21-,22-,23-,24+,25-,26+,27-,28+,29+,30+,31+,32+,33+,34-,35-,36-,37+,38-,39+/m1/s1. The number of aliphatic hydroxyl groups is 5. The Bertz CT molecular complexity index is 1220. The third-order valence-electron chi connectivity index (χ3n) is 15.2. The second kappa shape index (κ2) is 14.4. The lowest BCUT2D eigenvalue weighted by Gasteiger charge is -2.63. The van der Waals surface area contributed by atoms with Gasteiger partial charge in [-0.05, 0) is 109 Å². The van der Waals surface area contributed by atoms with Crippen LogP contribution >= 0.6 is 0 Å². The van der Waals surface area contributed by atoms with Crippen LogP contribution in [0.15, 0.2) is 0 Å². The first-order valence-electron chi connectivity index (χ1n) is 19.9. The largest absolute Gasteiger partial charge is 0.390 e. The van der Waals surface area contributed by atoms with Crippen molar-refractivity contribution >= 4 is 5.78 Å². The van der Waals surface area contributed by atoms with Gasteiger partial charge in [0, 0.05) is 30.6 Å². The van der Waals surface area contributed by atoms with E-state index in [4.69, 9.17) is 28.4 Å². The summed E-state index contributed by atoms with van der Waals surface area (Å²) in [6, 6.07) is 0. The van der Waals surface area contributed by atoms with E-state index in [2.05, 4.69) is 13.8 Å². The van der Waals surface area contributed by atoms with Crippen LogP contribution in [0, 0.1) is 34.5 Å². The molecule has 20 atom stereocenters. The minimum Gasteiger partial charge on any atom is -0.390 e. The van der Waals surface area contributed by atoms with Crippen molar-refractivity contribution in [3.8, 4) is 0 Å². The zero-order chi connectivity index (χ0) is 36.6. The van der Waals surface area contributed by atoms with Crippen molar-refractivity contribution in [1.29, 1.82) is 0 Å². The number of aliphatic hydroxyl groups excluding tert-OH is 4. The van der Waals surface area contributed by atoms with Crippen molar-refractivity contribution in [2.45, 2.75) is 204 Å². The van der Waals surface area contributed by atoms with Crippen LogP contribution in [-0.2, 0) is 33.2 Å². The third kappa shape index (κ3) is 6.78. The van der Waals surface area contributed by atoms with Crippen molar-refractivity contribution in [2.24, 2.45) is 34.5 Å². The first-order chi connectivity index (χ1) is 24.0. The monoisotopic (exact) mass is 724 g/mol. The molecule has 5 N–H and O–H groups in total. The molecular weight excluding hydrogens is 660 g/mol. The number of carbonyl (C=O) groups excluding carboxylic acids is 1. The molecule has 0 aromatic heterocycles. The minimum absolute atomic E-state index is 0.0297. The van der Waals surface area contributed by atoms with Gasteiger partial charge in [0.05, 0.1) is 48.3 Å². The van der Waals surface area contributed by atoms with Crippen molar-refractivity contribution in [3.63, 3.8) is 0 Å². The van der Waals surface area contributed by atoms with Gasteiger partial charge in [0.15, 0.2) is 18.9 Å². The fourth-order valence-corrected chi connectivity index (χ4v) is 12.2. The molecule has 12 nitrogen and oxygen atoms in total. The Hall–Kier alpha value is -0.770. The summed E-state index contributed by atoms with van der Waals surface area (Å²) in [5.74, 6) is 1.37. The highest BCUT2D eigenvalue weighted by atomic mass is 16.7. The normalized spacial score (nSPS) is 56.1. The number of fused-ring (bicyclic) bond motifs is 5. The predicted octanol–water partition coefficient (Wildman–Crippen LogP) is 3.35. The summed E-state index contributed by atoms with van der Waals surface area (Å²) in [6.45, 7) is 11.6. The first-order valence-corrected chi connectivity index (χ1v) is 19.9. The van der Waals surface area contributed by atoms with Crippen LogP contribution in [0.1, 0.15) is 119 Å². The Morgan fingerprint density at radius 1 is 0.647 bits per heavy atom. The van der Waals surface area contributed by atoms with Crippen LogP contribution in [0.25, 0.3) is 0 Å². The lowest BCUT2D eigenvalue weighted by molar-refractivity contribution is -0.336. The van der Waals surface area contributed by atoms with Crippen molar-refractivity contribution in [2.75, 3.05) is 0 Å². The van der Waals surface area contributed by atoms with E-state index in [1.807, 2.05) is 6.92 Å². The molecule has 51 heavy (non-hydrogen) atoms. The maximum Gasteiger partial charge on any atom is 0.161 e. The molecule has 0 bridgehead atoms.